The van der Waals surface area contributed by atoms with Gasteiger partial charge in [0.2, 0.25) is 0 Å². The zero-order valence-electron chi connectivity index (χ0n) is 13.6. The molecule has 0 amide bonds. The molecular formula is C15H15ClN2O6S. The number of nitrogens with zero attached hydrogens (tertiary/aromatic N) is 1. The Morgan fingerprint density at radius 2 is 1.76 bits per heavy atom. The number of halogens is 1. The minimum atomic E-state index is -4.08. The van der Waals surface area contributed by atoms with E-state index in [4.69, 9.17) is 21.1 Å². The number of aryl methyl sites for hydroxylation is 1. The summed E-state index contributed by atoms with van der Waals surface area (Å²) in [6, 6.07) is 6.24. The minimum absolute atomic E-state index is 0.147. The Kier molecular flexibility index (Phi) is 5.39. The van der Waals surface area contributed by atoms with Crippen molar-refractivity contribution in [2.75, 3.05) is 18.9 Å². The summed E-state index contributed by atoms with van der Waals surface area (Å²) in [6.45, 7) is 1.71. The van der Waals surface area contributed by atoms with Gasteiger partial charge in [-0.3, -0.25) is 14.8 Å². The van der Waals surface area contributed by atoms with E-state index in [1.807, 2.05) is 0 Å². The molecule has 0 aliphatic carbocycles. The third-order valence-electron chi connectivity index (χ3n) is 3.37. The molecule has 0 atom stereocenters. The van der Waals surface area contributed by atoms with Gasteiger partial charge < -0.3 is 9.47 Å². The highest BCUT2D eigenvalue weighted by atomic mass is 35.5. The number of hydrogen-bond donors (Lipinski definition) is 1. The molecule has 10 heteroatoms. The zero-order chi connectivity index (χ0) is 18.8. The first kappa shape index (κ1) is 18.8. The fourth-order valence-corrected chi connectivity index (χ4v) is 3.47. The maximum absolute atomic E-state index is 12.7. The van der Waals surface area contributed by atoms with E-state index in [0.29, 0.717) is 10.6 Å². The molecule has 0 fully saturated rings. The lowest BCUT2D eigenvalue weighted by atomic mass is 10.2. The molecule has 8 nitrogen and oxygen atoms in total. The molecule has 0 radical (unpaired) electrons. The van der Waals surface area contributed by atoms with Gasteiger partial charge in [0.05, 0.1) is 30.9 Å². The summed E-state index contributed by atoms with van der Waals surface area (Å²) in [5.74, 6) is 0.0893. The van der Waals surface area contributed by atoms with Crippen molar-refractivity contribution in [3.63, 3.8) is 0 Å². The van der Waals surface area contributed by atoms with Gasteiger partial charge in [-0.2, -0.15) is 0 Å². The van der Waals surface area contributed by atoms with Crippen molar-refractivity contribution in [3.8, 4) is 11.5 Å². The van der Waals surface area contributed by atoms with Crippen LogP contribution in [0.3, 0.4) is 0 Å². The quantitative estimate of drug-likeness (QED) is 0.602. The molecule has 1 N–H and O–H groups in total. The number of rotatable bonds is 6. The number of methoxy groups -OCH3 is 2. The van der Waals surface area contributed by atoms with Crippen LogP contribution >= 0.6 is 11.6 Å². The first-order chi connectivity index (χ1) is 11.7. The molecule has 2 aromatic carbocycles. The lowest BCUT2D eigenvalue weighted by molar-refractivity contribution is -0.385. The number of nitrogens with one attached hydrogen (secondary N) is 1. The predicted octanol–water partition coefficient (Wildman–Crippen LogP) is 3.37. The number of benzene rings is 2. The molecule has 0 bridgehead atoms. The fourth-order valence-electron chi connectivity index (χ4n) is 2.10. The molecule has 0 saturated heterocycles. The van der Waals surface area contributed by atoms with Gasteiger partial charge in [-0.05, 0) is 24.6 Å². The lowest BCUT2D eigenvalue weighted by Crippen LogP contribution is -2.15. The topological polar surface area (TPSA) is 108 Å². The summed E-state index contributed by atoms with van der Waals surface area (Å²) in [7, 11) is -1.47. The van der Waals surface area contributed by atoms with E-state index >= 15 is 0 Å². The van der Waals surface area contributed by atoms with Crippen LogP contribution in [0.5, 0.6) is 11.5 Å². The fraction of sp³-hybridized carbons (Fsp3) is 0.200. The Morgan fingerprint density at radius 3 is 2.32 bits per heavy atom. The van der Waals surface area contributed by atoms with Gasteiger partial charge in [-0.15, -0.1) is 0 Å². The molecule has 0 aliphatic heterocycles. The van der Waals surface area contributed by atoms with Crippen molar-refractivity contribution >= 4 is 33.0 Å². The number of anilines is 1. The molecule has 25 heavy (non-hydrogen) atoms. The summed E-state index contributed by atoms with van der Waals surface area (Å²) in [5.41, 5.74) is 0.552. The number of hydrogen-bond acceptors (Lipinski definition) is 6. The second-order valence-electron chi connectivity index (χ2n) is 5.00. The summed E-state index contributed by atoms with van der Waals surface area (Å²) in [5, 5.41) is 11.3. The van der Waals surface area contributed by atoms with Crippen LogP contribution in [0.2, 0.25) is 5.02 Å². The summed E-state index contributed by atoms with van der Waals surface area (Å²) in [6.07, 6.45) is 0. The van der Waals surface area contributed by atoms with Crippen LogP contribution in [0.25, 0.3) is 0 Å². The SMILES string of the molecule is COc1cc(Cl)c(C)cc1NS(=O)(=O)c1ccc([N+](=O)[O-])cc1OC. The second-order valence-corrected chi connectivity index (χ2v) is 7.06. The first-order valence-corrected chi connectivity index (χ1v) is 8.75. The monoisotopic (exact) mass is 386 g/mol. The van der Waals surface area contributed by atoms with Crippen LogP contribution in [0.15, 0.2) is 35.2 Å². The van der Waals surface area contributed by atoms with Gasteiger partial charge in [0.25, 0.3) is 15.7 Å². The molecule has 0 aromatic heterocycles. The van der Waals surface area contributed by atoms with Crippen LogP contribution in [0, 0.1) is 17.0 Å². The van der Waals surface area contributed by atoms with Gasteiger partial charge in [-0.1, -0.05) is 11.6 Å². The Hall–Kier alpha value is -2.52. The maximum atomic E-state index is 12.7. The van der Waals surface area contributed by atoms with Crippen LogP contribution in [0.4, 0.5) is 11.4 Å². The van der Waals surface area contributed by atoms with Gasteiger partial charge >= 0.3 is 0 Å². The van der Waals surface area contributed by atoms with Gasteiger partial charge in [-0.25, -0.2) is 8.42 Å². The zero-order valence-corrected chi connectivity index (χ0v) is 15.1. The average molecular weight is 387 g/mol. The standard InChI is InChI=1S/C15H15ClN2O6S/c1-9-6-12(13(23-2)8-11(9)16)17-25(21,22)15-5-4-10(18(19)20)7-14(15)24-3/h4-8,17H,1-3H3. The largest absolute Gasteiger partial charge is 0.495 e. The number of ether oxygens (including phenoxy) is 2. The lowest BCUT2D eigenvalue weighted by Gasteiger charge is -2.15. The normalized spacial score (nSPS) is 11.0. The molecule has 0 saturated carbocycles. The van der Waals surface area contributed by atoms with E-state index in [9.17, 15) is 18.5 Å². The van der Waals surface area contributed by atoms with Crippen LogP contribution in [0.1, 0.15) is 5.56 Å². The third kappa shape index (κ3) is 3.94. The van der Waals surface area contributed by atoms with E-state index in [-0.39, 0.29) is 27.8 Å². The molecule has 0 aliphatic rings. The van der Waals surface area contributed by atoms with Crippen LogP contribution < -0.4 is 14.2 Å². The van der Waals surface area contributed by atoms with Gasteiger partial charge in [0.1, 0.15) is 16.4 Å². The maximum Gasteiger partial charge on any atom is 0.273 e. The minimum Gasteiger partial charge on any atom is -0.495 e. The number of sulfonamides is 1. The van der Waals surface area contributed by atoms with Gasteiger partial charge in [0.15, 0.2) is 0 Å². The Labute approximate surface area is 149 Å². The van der Waals surface area contributed by atoms with E-state index in [1.54, 1.807) is 6.92 Å². The highest BCUT2D eigenvalue weighted by Gasteiger charge is 2.24. The van der Waals surface area contributed by atoms with Crippen molar-refractivity contribution < 1.29 is 22.8 Å². The van der Waals surface area contributed by atoms with Crippen molar-refractivity contribution in [1.29, 1.82) is 0 Å². The average Bonchev–Trinajstić information content (AvgIpc) is 2.56. The molecule has 0 heterocycles. The smallest absolute Gasteiger partial charge is 0.273 e. The number of nitro groups is 1. The second kappa shape index (κ2) is 7.16. The van der Waals surface area contributed by atoms with Crippen LogP contribution in [-0.2, 0) is 10.0 Å². The van der Waals surface area contributed by atoms with E-state index in [0.717, 1.165) is 18.2 Å². The molecule has 2 aromatic rings. The van der Waals surface area contributed by atoms with Crippen molar-refractivity contribution in [1.82, 2.24) is 0 Å². The molecular weight excluding hydrogens is 372 g/mol. The summed E-state index contributed by atoms with van der Waals surface area (Å²) < 4.78 is 37.9. The molecule has 0 unspecified atom stereocenters. The molecule has 134 valence electrons. The van der Waals surface area contributed by atoms with Crippen molar-refractivity contribution in [3.05, 3.63) is 51.0 Å². The van der Waals surface area contributed by atoms with E-state index in [1.165, 1.54) is 26.4 Å². The van der Waals surface area contributed by atoms with Crippen molar-refractivity contribution in [2.45, 2.75) is 11.8 Å². The molecule has 2 rings (SSSR count). The van der Waals surface area contributed by atoms with Crippen LogP contribution in [-0.4, -0.2) is 27.6 Å². The number of nitro benzene ring substituents is 1. The molecule has 0 spiro atoms. The Morgan fingerprint density at radius 1 is 1.12 bits per heavy atom. The Balaban J connectivity index is 2.50. The number of non-ortho nitro benzene ring substituents is 1. The highest BCUT2D eigenvalue weighted by Crippen LogP contribution is 2.34. The van der Waals surface area contributed by atoms with Gasteiger partial charge in [0, 0.05) is 17.2 Å². The van der Waals surface area contributed by atoms with Crippen molar-refractivity contribution in [2.24, 2.45) is 0 Å². The first-order valence-electron chi connectivity index (χ1n) is 6.89. The third-order valence-corrected chi connectivity index (χ3v) is 5.18. The Bertz CT molecular complexity index is 930. The van der Waals surface area contributed by atoms with E-state index in [2.05, 4.69) is 4.72 Å². The predicted molar refractivity (Wildman–Crippen MR) is 93.2 cm³/mol. The summed E-state index contributed by atoms with van der Waals surface area (Å²) in [4.78, 5) is 9.95. The highest BCUT2D eigenvalue weighted by molar-refractivity contribution is 7.92. The summed E-state index contributed by atoms with van der Waals surface area (Å²) >= 11 is 6.01. The van der Waals surface area contributed by atoms with E-state index < -0.39 is 14.9 Å².